The summed E-state index contributed by atoms with van der Waals surface area (Å²) >= 11 is 0. The lowest BCUT2D eigenvalue weighted by atomic mass is 9.87. The molecule has 1 N–H and O–H groups in total. The molecule has 2 rings (SSSR count). The van der Waals surface area contributed by atoms with Gasteiger partial charge in [-0.3, -0.25) is 0 Å². The van der Waals surface area contributed by atoms with Crippen LogP contribution in [0.2, 0.25) is 0 Å². The van der Waals surface area contributed by atoms with Gasteiger partial charge in [-0.1, -0.05) is 44.7 Å². The molecule has 1 aromatic carbocycles. The second-order valence-electron chi connectivity index (χ2n) is 5.82. The van der Waals surface area contributed by atoms with E-state index in [4.69, 9.17) is 4.74 Å². The van der Waals surface area contributed by atoms with E-state index in [1.54, 1.807) is 0 Å². The van der Waals surface area contributed by atoms with Crippen molar-refractivity contribution in [1.82, 2.24) is 5.32 Å². The first-order chi connectivity index (χ1) is 9.86. The second kappa shape index (κ2) is 8.31. The van der Waals surface area contributed by atoms with Gasteiger partial charge in [-0.15, -0.1) is 0 Å². The summed E-state index contributed by atoms with van der Waals surface area (Å²) < 4.78 is 6.05. The number of ether oxygens (including phenoxy) is 1. The molecule has 0 amide bonds. The van der Waals surface area contributed by atoms with Gasteiger partial charge in [0, 0.05) is 6.04 Å². The van der Waals surface area contributed by atoms with Crippen molar-refractivity contribution >= 4 is 0 Å². The zero-order valence-electron chi connectivity index (χ0n) is 13.1. The Kier molecular flexibility index (Phi) is 6.38. The van der Waals surface area contributed by atoms with Crippen LogP contribution >= 0.6 is 0 Å². The van der Waals surface area contributed by atoms with Crippen LogP contribution in [0, 0.1) is 0 Å². The maximum absolute atomic E-state index is 6.05. The van der Waals surface area contributed by atoms with E-state index in [1.165, 1.54) is 62.5 Å². The Bertz CT molecular complexity index is 402. The van der Waals surface area contributed by atoms with E-state index in [-0.39, 0.29) is 0 Å². The summed E-state index contributed by atoms with van der Waals surface area (Å²) in [6.07, 6.45) is 10.1. The van der Waals surface area contributed by atoms with E-state index in [2.05, 4.69) is 37.5 Å². The predicted octanol–water partition coefficient (Wildman–Crippen LogP) is 4.63. The van der Waals surface area contributed by atoms with E-state index >= 15 is 0 Å². The van der Waals surface area contributed by atoms with E-state index in [0.717, 1.165) is 12.4 Å². The summed E-state index contributed by atoms with van der Waals surface area (Å²) in [5.41, 5.74) is 2.88. The first-order valence-corrected chi connectivity index (χ1v) is 8.28. The van der Waals surface area contributed by atoms with Crippen LogP contribution in [0.1, 0.15) is 69.0 Å². The van der Waals surface area contributed by atoms with Crippen molar-refractivity contribution in [3.63, 3.8) is 0 Å². The molecule has 1 aromatic rings. The third kappa shape index (κ3) is 3.99. The van der Waals surface area contributed by atoms with Crippen molar-refractivity contribution in [3.8, 4) is 5.75 Å². The maximum Gasteiger partial charge on any atom is 0.122 e. The van der Waals surface area contributed by atoms with Crippen LogP contribution in [0.4, 0.5) is 0 Å². The monoisotopic (exact) mass is 275 g/mol. The average Bonchev–Trinajstić information content (AvgIpc) is 2.50. The SMILES string of the molecule is CCCCCCCOc1cccc2c1CCCC2NC. The Morgan fingerprint density at radius 1 is 1.20 bits per heavy atom. The molecule has 0 spiro atoms. The molecule has 0 bridgehead atoms. The molecule has 2 heteroatoms. The molecule has 0 saturated heterocycles. The normalized spacial score (nSPS) is 17.8. The number of nitrogens with one attached hydrogen (secondary N) is 1. The van der Waals surface area contributed by atoms with Gasteiger partial charge in [-0.25, -0.2) is 0 Å². The molecule has 0 fully saturated rings. The average molecular weight is 275 g/mol. The molecule has 0 aromatic heterocycles. The van der Waals surface area contributed by atoms with Gasteiger partial charge < -0.3 is 10.1 Å². The minimum Gasteiger partial charge on any atom is -0.493 e. The standard InChI is InChI=1S/C18H29NO/c1-3-4-5-6-7-14-20-18-13-9-10-15-16(18)11-8-12-17(15)19-2/h9-10,13,17,19H,3-8,11-12,14H2,1-2H3. The number of hydrogen-bond acceptors (Lipinski definition) is 2. The Morgan fingerprint density at radius 2 is 2.05 bits per heavy atom. The van der Waals surface area contributed by atoms with Gasteiger partial charge in [0.1, 0.15) is 5.75 Å². The maximum atomic E-state index is 6.05. The summed E-state index contributed by atoms with van der Waals surface area (Å²) in [6.45, 7) is 3.12. The van der Waals surface area contributed by atoms with Crippen LogP contribution in [-0.4, -0.2) is 13.7 Å². The lowest BCUT2D eigenvalue weighted by Gasteiger charge is -2.26. The van der Waals surface area contributed by atoms with Crippen LogP contribution in [-0.2, 0) is 6.42 Å². The van der Waals surface area contributed by atoms with Gasteiger partial charge in [0.05, 0.1) is 6.61 Å². The number of benzene rings is 1. The minimum absolute atomic E-state index is 0.506. The van der Waals surface area contributed by atoms with Gasteiger partial charge >= 0.3 is 0 Å². The first-order valence-electron chi connectivity index (χ1n) is 8.28. The molecule has 1 aliphatic carbocycles. The van der Waals surface area contributed by atoms with Gasteiger partial charge in [0.15, 0.2) is 0 Å². The summed E-state index contributed by atoms with van der Waals surface area (Å²) in [7, 11) is 2.06. The summed E-state index contributed by atoms with van der Waals surface area (Å²) in [4.78, 5) is 0. The smallest absolute Gasteiger partial charge is 0.122 e. The van der Waals surface area contributed by atoms with Crippen LogP contribution in [0.15, 0.2) is 18.2 Å². The fourth-order valence-electron chi connectivity index (χ4n) is 3.14. The van der Waals surface area contributed by atoms with Crippen molar-refractivity contribution in [2.75, 3.05) is 13.7 Å². The van der Waals surface area contributed by atoms with Crippen molar-refractivity contribution in [3.05, 3.63) is 29.3 Å². The zero-order valence-corrected chi connectivity index (χ0v) is 13.1. The predicted molar refractivity (Wildman–Crippen MR) is 85.4 cm³/mol. The van der Waals surface area contributed by atoms with Crippen molar-refractivity contribution in [1.29, 1.82) is 0 Å². The fourth-order valence-corrected chi connectivity index (χ4v) is 3.14. The van der Waals surface area contributed by atoms with Crippen molar-refractivity contribution in [2.45, 2.75) is 64.3 Å². The Morgan fingerprint density at radius 3 is 2.85 bits per heavy atom. The van der Waals surface area contributed by atoms with Crippen molar-refractivity contribution in [2.24, 2.45) is 0 Å². The minimum atomic E-state index is 0.506. The molecule has 1 aliphatic rings. The van der Waals surface area contributed by atoms with Crippen LogP contribution in [0.3, 0.4) is 0 Å². The molecule has 2 nitrogen and oxygen atoms in total. The third-order valence-electron chi connectivity index (χ3n) is 4.32. The van der Waals surface area contributed by atoms with E-state index < -0.39 is 0 Å². The molecule has 0 heterocycles. The first kappa shape index (κ1) is 15.4. The fraction of sp³-hybridized carbons (Fsp3) is 0.667. The number of fused-ring (bicyclic) bond motifs is 1. The molecule has 112 valence electrons. The topological polar surface area (TPSA) is 21.3 Å². The Balaban J connectivity index is 1.89. The van der Waals surface area contributed by atoms with Gasteiger partial charge in [-0.05, 0) is 49.9 Å². The van der Waals surface area contributed by atoms with Gasteiger partial charge in [-0.2, -0.15) is 0 Å². The van der Waals surface area contributed by atoms with E-state index in [1.807, 2.05) is 0 Å². The lowest BCUT2D eigenvalue weighted by molar-refractivity contribution is 0.299. The highest BCUT2D eigenvalue weighted by atomic mass is 16.5. The zero-order chi connectivity index (χ0) is 14.2. The summed E-state index contributed by atoms with van der Waals surface area (Å²) in [6, 6.07) is 7.04. The Hall–Kier alpha value is -1.02. The molecule has 0 radical (unpaired) electrons. The van der Waals surface area contributed by atoms with Crippen LogP contribution in [0.25, 0.3) is 0 Å². The lowest BCUT2D eigenvalue weighted by Crippen LogP contribution is -2.22. The highest BCUT2D eigenvalue weighted by Crippen LogP contribution is 2.35. The van der Waals surface area contributed by atoms with Crippen molar-refractivity contribution < 1.29 is 4.74 Å². The molecule has 0 saturated carbocycles. The molecule has 20 heavy (non-hydrogen) atoms. The Labute approximate surface area is 123 Å². The highest BCUT2D eigenvalue weighted by Gasteiger charge is 2.21. The number of rotatable bonds is 8. The third-order valence-corrected chi connectivity index (χ3v) is 4.32. The molecule has 0 aliphatic heterocycles. The summed E-state index contributed by atoms with van der Waals surface area (Å²) in [5, 5.41) is 3.42. The summed E-state index contributed by atoms with van der Waals surface area (Å²) in [5.74, 6) is 1.12. The largest absolute Gasteiger partial charge is 0.493 e. The van der Waals surface area contributed by atoms with E-state index in [0.29, 0.717) is 6.04 Å². The molecular formula is C18H29NO. The van der Waals surface area contributed by atoms with Crippen LogP contribution < -0.4 is 10.1 Å². The number of hydrogen-bond donors (Lipinski definition) is 1. The van der Waals surface area contributed by atoms with Gasteiger partial charge in [0.2, 0.25) is 0 Å². The molecular weight excluding hydrogens is 246 g/mol. The number of unbranched alkanes of at least 4 members (excludes halogenated alkanes) is 4. The van der Waals surface area contributed by atoms with Gasteiger partial charge in [0.25, 0.3) is 0 Å². The quantitative estimate of drug-likeness (QED) is 0.698. The highest BCUT2D eigenvalue weighted by molar-refractivity contribution is 5.43. The second-order valence-corrected chi connectivity index (χ2v) is 5.82. The van der Waals surface area contributed by atoms with Crippen LogP contribution in [0.5, 0.6) is 5.75 Å². The van der Waals surface area contributed by atoms with E-state index in [9.17, 15) is 0 Å². The molecule has 1 unspecified atom stereocenters. The molecule has 1 atom stereocenters.